The van der Waals surface area contributed by atoms with Crippen LogP contribution in [0.1, 0.15) is 27.3 Å². The Hall–Kier alpha value is -2.16. The fourth-order valence-corrected chi connectivity index (χ4v) is 2.17. The van der Waals surface area contributed by atoms with E-state index in [0.717, 1.165) is 28.1 Å². The van der Waals surface area contributed by atoms with Gasteiger partial charge in [0.15, 0.2) is 0 Å². The predicted octanol–water partition coefficient (Wildman–Crippen LogP) is 3.37. The summed E-state index contributed by atoms with van der Waals surface area (Å²) in [4.78, 5) is 15.5. The number of carbonyl (C=O) groups is 1. The van der Waals surface area contributed by atoms with E-state index in [-0.39, 0.29) is 0 Å². The zero-order valence-electron chi connectivity index (χ0n) is 10.7. The fraction of sp³-hybridized carbons (Fsp3) is 0.200. The van der Waals surface area contributed by atoms with Crippen LogP contribution in [0.15, 0.2) is 30.3 Å². The van der Waals surface area contributed by atoms with Gasteiger partial charge < -0.3 is 5.11 Å². The standard InChI is InChI=1S/C15H15NO2/c1-9-7-12(8-10(2)16-9)13-5-4-6-14(11(13)3)15(17)18/h4-8H,1-3H3,(H,17,18). The highest BCUT2D eigenvalue weighted by Crippen LogP contribution is 2.26. The first-order chi connectivity index (χ1) is 8.49. The number of carboxylic acids is 1. The molecule has 0 unspecified atom stereocenters. The van der Waals surface area contributed by atoms with Crippen molar-refractivity contribution in [2.75, 3.05) is 0 Å². The molecule has 0 atom stereocenters. The van der Waals surface area contributed by atoms with Crippen LogP contribution in [0.3, 0.4) is 0 Å². The third-order valence-electron chi connectivity index (χ3n) is 2.96. The quantitative estimate of drug-likeness (QED) is 0.876. The van der Waals surface area contributed by atoms with Crippen molar-refractivity contribution in [3.05, 3.63) is 52.8 Å². The van der Waals surface area contributed by atoms with Gasteiger partial charge in [-0.1, -0.05) is 12.1 Å². The SMILES string of the molecule is Cc1cc(-c2cccc(C(=O)O)c2C)cc(C)n1. The number of hydrogen-bond donors (Lipinski definition) is 1. The molecule has 1 N–H and O–H groups in total. The van der Waals surface area contributed by atoms with Gasteiger partial charge in [-0.15, -0.1) is 0 Å². The summed E-state index contributed by atoms with van der Waals surface area (Å²) in [6.45, 7) is 5.71. The number of benzene rings is 1. The van der Waals surface area contributed by atoms with Crippen LogP contribution in [0.2, 0.25) is 0 Å². The smallest absolute Gasteiger partial charge is 0.335 e. The summed E-state index contributed by atoms with van der Waals surface area (Å²) in [5.41, 5.74) is 4.97. The Morgan fingerprint density at radius 3 is 2.28 bits per heavy atom. The van der Waals surface area contributed by atoms with E-state index in [1.165, 1.54) is 0 Å². The Labute approximate surface area is 106 Å². The van der Waals surface area contributed by atoms with Crippen molar-refractivity contribution in [1.82, 2.24) is 4.98 Å². The van der Waals surface area contributed by atoms with Gasteiger partial charge in [-0.3, -0.25) is 4.98 Å². The molecule has 1 aromatic heterocycles. The van der Waals surface area contributed by atoms with Crippen molar-refractivity contribution >= 4 is 5.97 Å². The molecule has 3 nitrogen and oxygen atoms in total. The summed E-state index contributed by atoms with van der Waals surface area (Å²) in [6.07, 6.45) is 0. The van der Waals surface area contributed by atoms with Crippen LogP contribution in [0, 0.1) is 20.8 Å². The van der Waals surface area contributed by atoms with Gasteiger partial charge in [-0.05, 0) is 55.7 Å². The third kappa shape index (κ3) is 2.25. The van der Waals surface area contributed by atoms with E-state index >= 15 is 0 Å². The number of hydrogen-bond acceptors (Lipinski definition) is 2. The lowest BCUT2D eigenvalue weighted by Crippen LogP contribution is -2.01. The maximum Gasteiger partial charge on any atom is 0.335 e. The second-order valence-electron chi connectivity index (χ2n) is 4.42. The summed E-state index contributed by atoms with van der Waals surface area (Å²) >= 11 is 0. The van der Waals surface area contributed by atoms with Crippen LogP contribution >= 0.6 is 0 Å². The molecule has 0 fully saturated rings. The number of aryl methyl sites for hydroxylation is 2. The molecule has 18 heavy (non-hydrogen) atoms. The van der Waals surface area contributed by atoms with Crippen LogP contribution in [0.4, 0.5) is 0 Å². The molecule has 0 aliphatic carbocycles. The first kappa shape index (κ1) is 12.3. The molecule has 92 valence electrons. The van der Waals surface area contributed by atoms with E-state index in [4.69, 9.17) is 5.11 Å². The van der Waals surface area contributed by atoms with Gasteiger partial charge in [0.25, 0.3) is 0 Å². The van der Waals surface area contributed by atoms with E-state index in [1.807, 2.05) is 39.0 Å². The van der Waals surface area contributed by atoms with Crippen LogP contribution in [0.25, 0.3) is 11.1 Å². The van der Waals surface area contributed by atoms with Crippen LogP contribution in [-0.4, -0.2) is 16.1 Å². The van der Waals surface area contributed by atoms with Gasteiger partial charge in [0, 0.05) is 11.4 Å². The van der Waals surface area contributed by atoms with E-state index in [2.05, 4.69) is 4.98 Å². The molecule has 3 heteroatoms. The molecule has 0 saturated carbocycles. The number of aromatic carboxylic acids is 1. The van der Waals surface area contributed by atoms with E-state index in [0.29, 0.717) is 5.56 Å². The lowest BCUT2D eigenvalue weighted by molar-refractivity contribution is 0.0696. The van der Waals surface area contributed by atoms with E-state index in [9.17, 15) is 4.79 Å². The second kappa shape index (κ2) is 4.61. The minimum atomic E-state index is -0.892. The highest BCUT2D eigenvalue weighted by molar-refractivity contribution is 5.92. The molecule has 1 aromatic carbocycles. The maximum absolute atomic E-state index is 11.1. The maximum atomic E-state index is 11.1. The van der Waals surface area contributed by atoms with Crippen molar-refractivity contribution in [3.8, 4) is 11.1 Å². The van der Waals surface area contributed by atoms with Crippen molar-refractivity contribution < 1.29 is 9.90 Å². The molecule has 0 aliphatic rings. The van der Waals surface area contributed by atoms with Crippen LogP contribution in [0.5, 0.6) is 0 Å². The Balaban J connectivity index is 2.64. The number of rotatable bonds is 2. The number of pyridine rings is 1. The zero-order chi connectivity index (χ0) is 13.3. The summed E-state index contributed by atoms with van der Waals surface area (Å²) in [5.74, 6) is -0.892. The van der Waals surface area contributed by atoms with E-state index < -0.39 is 5.97 Å². The molecule has 0 radical (unpaired) electrons. The Bertz CT molecular complexity index is 598. The zero-order valence-corrected chi connectivity index (χ0v) is 10.7. The molecule has 0 spiro atoms. The van der Waals surface area contributed by atoms with Crippen LogP contribution < -0.4 is 0 Å². The number of nitrogens with zero attached hydrogens (tertiary/aromatic N) is 1. The summed E-state index contributed by atoms with van der Waals surface area (Å²) in [7, 11) is 0. The molecule has 0 amide bonds. The summed E-state index contributed by atoms with van der Waals surface area (Å²) in [5, 5.41) is 9.13. The van der Waals surface area contributed by atoms with E-state index in [1.54, 1.807) is 12.1 Å². The van der Waals surface area contributed by atoms with Crippen molar-refractivity contribution in [2.45, 2.75) is 20.8 Å². The van der Waals surface area contributed by atoms with Gasteiger partial charge in [0.05, 0.1) is 5.56 Å². The largest absolute Gasteiger partial charge is 0.478 e. The Kier molecular flexibility index (Phi) is 3.15. The highest BCUT2D eigenvalue weighted by Gasteiger charge is 2.11. The highest BCUT2D eigenvalue weighted by atomic mass is 16.4. The number of aromatic nitrogens is 1. The second-order valence-corrected chi connectivity index (χ2v) is 4.42. The average molecular weight is 241 g/mol. The predicted molar refractivity (Wildman–Crippen MR) is 70.8 cm³/mol. The summed E-state index contributed by atoms with van der Waals surface area (Å²) in [6, 6.07) is 9.29. The normalized spacial score (nSPS) is 10.4. The van der Waals surface area contributed by atoms with Crippen molar-refractivity contribution in [3.63, 3.8) is 0 Å². The molecule has 0 aliphatic heterocycles. The topological polar surface area (TPSA) is 50.2 Å². The first-order valence-electron chi connectivity index (χ1n) is 5.77. The average Bonchev–Trinajstić information content (AvgIpc) is 2.27. The Morgan fingerprint density at radius 1 is 1.11 bits per heavy atom. The monoisotopic (exact) mass is 241 g/mol. The molecule has 2 aromatic rings. The van der Waals surface area contributed by atoms with Crippen LogP contribution in [-0.2, 0) is 0 Å². The lowest BCUT2D eigenvalue weighted by atomic mass is 9.96. The molecule has 0 bridgehead atoms. The first-order valence-corrected chi connectivity index (χ1v) is 5.77. The third-order valence-corrected chi connectivity index (χ3v) is 2.96. The molecule has 0 saturated heterocycles. The lowest BCUT2D eigenvalue weighted by Gasteiger charge is -2.10. The van der Waals surface area contributed by atoms with Gasteiger partial charge in [0.2, 0.25) is 0 Å². The molecular weight excluding hydrogens is 226 g/mol. The van der Waals surface area contributed by atoms with Crippen molar-refractivity contribution in [2.24, 2.45) is 0 Å². The summed E-state index contributed by atoms with van der Waals surface area (Å²) < 4.78 is 0. The minimum Gasteiger partial charge on any atom is -0.478 e. The molecule has 2 rings (SSSR count). The van der Waals surface area contributed by atoms with Crippen molar-refractivity contribution in [1.29, 1.82) is 0 Å². The van der Waals surface area contributed by atoms with Gasteiger partial charge in [-0.2, -0.15) is 0 Å². The Morgan fingerprint density at radius 2 is 1.72 bits per heavy atom. The van der Waals surface area contributed by atoms with Gasteiger partial charge in [-0.25, -0.2) is 4.79 Å². The molecular formula is C15H15NO2. The molecule has 1 heterocycles. The minimum absolute atomic E-state index is 0.347. The fourth-order valence-electron chi connectivity index (χ4n) is 2.17. The van der Waals surface area contributed by atoms with Gasteiger partial charge >= 0.3 is 5.97 Å². The number of carboxylic acid groups (broad SMARTS) is 1. The van der Waals surface area contributed by atoms with Gasteiger partial charge in [0.1, 0.15) is 0 Å².